The Bertz CT molecular complexity index is 525. The third-order valence-electron chi connectivity index (χ3n) is 5.08. The van der Waals surface area contributed by atoms with Crippen molar-refractivity contribution in [1.29, 1.82) is 0 Å². The summed E-state index contributed by atoms with van der Waals surface area (Å²) < 4.78 is 18.6. The fourth-order valence-corrected chi connectivity index (χ4v) is 9.10. The Morgan fingerprint density at radius 2 is 1.89 bits per heavy atom. The minimum atomic E-state index is -1.12. The van der Waals surface area contributed by atoms with E-state index in [1.165, 1.54) is 7.11 Å². The third kappa shape index (κ3) is 1.05. The van der Waals surface area contributed by atoms with Gasteiger partial charge in [0.05, 0.1) is 22.5 Å². The molecule has 3 rings (SSSR count). The zero-order valence-electron chi connectivity index (χ0n) is 10.4. The zero-order chi connectivity index (χ0) is 13.5. The molecule has 2 fully saturated rings. The normalized spacial score (nSPS) is 47.8. The molecule has 0 N–H and O–H groups in total. The molecule has 2 unspecified atom stereocenters. The minimum Gasteiger partial charge on any atom is -0.469 e. The largest absolute Gasteiger partial charge is 0.469 e. The highest BCUT2D eigenvalue weighted by Gasteiger charge is 2.83. The molecule has 1 saturated carbocycles. The minimum absolute atomic E-state index is 0.185. The quantitative estimate of drug-likeness (QED) is 0.639. The molecule has 4 atom stereocenters. The van der Waals surface area contributed by atoms with E-state index < -0.39 is 20.3 Å². The molecular weight excluding hydrogens is 384 g/mol. The summed E-state index contributed by atoms with van der Waals surface area (Å²) in [6.45, 7) is 3.92. The van der Waals surface area contributed by atoms with Crippen LogP contribution in [0.3, 0.4) is 0 Å². The van der Waals surface area contributed by atoms with E-state index in [0.717, 1.165) is 21.8 Å². The van der Waals surface area contributed by atoms with Crippen molar-refractivity contribution in [2.45, 2.75) is 36.2 Å². The molecule has 0 aromatic carbocycles. The number of hydrogen-bond acceptors (Lipinski definition) is 3. The molecule has 6 heteroatoms. The first kappa shape index (κ1) is 13.3. The van der Waals surface area contributed by atoms with Gasteiger partial charge in [0, 0.05) is 25.2 Å². The van der Waals surface area contributed by atoms with Crippen LogP contribution >= 0.6 is 31.9 Å². The standard InChI is InChI=1S/C12H14Br2O3S/c1-10-6(9(15)17-3)12(4-5-12)11(2,18(10)16)8(14)7(10)13/h6H,4-5H2,1-3H3/t6-,10?,11-,18?/m1/s1. The van der Waals surface area contributed by atoms with E-state index >= 15 is 0 Å². The summed E-state index contributed by atoms with van der Waals surface area (Å²) in [5.74, 6) is -0.541. The Kier molecular flexibility index (Phi) is 2.59. The predicted molar refractivity (Wildman–Crippen MR) is 77.0 cm³/mol. The molecule has 2 aliphatic heterocycles. The van der Waals surface area contributed by atoms with E-state index in [0.29, 0.717) is 0 Å². The number of fused-ring (bicyclic) bond motifs is 3. The van der Waals surface area contributed by atoms with Gasteiger partial charge in [-0.15, -0.1) is 0 Å². The Morgan fingerprint density at radius 1 is 1.33 bits per heavy atom. The second-order valence-corrected chi connectivity index (χ2v) is 9.44. The van der Waals surface area contributed by atoms with Gasteiger partial charge in [0.2, 0.25) is 0 Å². The maximum absolute atomic E-state index is 12.9. The number of hydrogen-bond donors (Lipinski definition) is 0. The number of ether oxygens (including phenoxy) is 1. The van der Waals surface area contributed by atoms with Crippen molar-refractivity contribution in [2.24, 2.45) is 11.3 Å². The summed E-state index contributed by atoms with van der Waals surface area (Å²) in [7, 11) is 0.288. The van der Waals surface area contributed by atoms with Gasteiger partial charge in [0.25, 0.3) is 0 Å². The highest BCUT2D eigenvalue weighted by atomic mass is 79.9. The molecule has 0 aromatic rings. The number of methoxy groups -OCH3 is 1. The van der Waals surface area contributed by atoms with Gasteiger partial charge in [-0.25, -0.2) is 0 Å². The first-order chi connectivity index (χ1) is 8.28. The maximum Gasteiger partial charge on any atom is 0.311 e. The smallest absolute Gasteiger partial charge is 0.311 e. The maximum atomic E-state index is 12.9. The molecule has 0 aromatic heterocycles. The first-order valence-electron chi connectivity index (χ1n) is 5.84. The van der Waals surface area contributed by atoms with Crippen LogP contribution in [0.1, 0.15) is 26.7 Å². The van der Waals surface area contributed by atoms with E-state index in [-0.39, 0.29) is 17.3 Å². The van der Waals surface area contributed by atoms with Crippen molar-refractivity contribution in [1.82, 2.24) is 0 Å². The molecule has 0 amide bonds. The summed E-state index contributed by atoms with van der Waals surface area (Å²) in [6.07, 6.45) is 1.89. The average Bonchev–Trinajstić information content (AvgIpc) is 3.10. The number of esters is 1. The molecule has 3 nitrogen and oxygen atoms in total. The lowest BCUT2D eigenvalue weighted by Crippen LogP contribution is -2.45. The van der Waals surface area contributed by atoms with Crippen LogP contribution in [0.15, 0.2) is 8.96 Å². The topological polar surface area (TPSA) is 43.4 Å². The molecular formula is C12H14Br2O3S. The number of rotatable bonds is 1. The lowest BCUT2D eigenvalue weighted by Gasteiger charge is -2.36. The number of carbonyl (C=O) groups excluding carboxylic acids is 1. The number of halogens is 2. The van der Waals surface area contributed by atoms with E-state index in [1.807, 2.05) is 13.8 Å². The van der Waals surface area contributed by atoms with Gasteiger partial charge in [0.15, 0.2) is 0 Å². The molecule has 0 radical (unpaired) electrons. The molecule has 3 aliphatic rings. The zero-order valence-corrected chi connectivity index (χ0v) is 14.4. The fraction of sp³-hybridized carbons (Fsp3) is 0.750. The van der Waals surface area contributed by atoms with Gasteiger partial charge >= 0.3 is 5.97 Å². The van der Waals surface area contributed by atoms with Crippen molar-refractivity contribution in [3.05, 3.63) is 8.96 Å². The Labute approximate surface area is 125 Å². The van der Waals surface area contributed by atoms with E-state index in [1.54, 1.807) is 0 Å². The van der Waals surface area contributed by atoms with Gasteiger partial charge in [-0.2, -0.15) is 0 Å². The van der Waals surface area contributed by atoms with E-state index in [4.69, 9.17) is 4.74 Å². The van der Waals surface area contributed by atoms with Gasteiger partial charge in [-0.05, 0) is 26.7 Å². The van der Waals surface area contributed by atoms with Crippen LogP contribution in [0.4, 0.5) is 0 Å². The van der Waals surface area contributed by atoms with Crippen LogP contribution in [0.25, 0.3) is 0 Å². The van der Waals surface area contributed by atoms with Gasteiger partial charge in [-0.3, -0.25) is 9.00 Å². The molecule has 1 aliphatic carbocycles. The molecule has 2 bridgehead atoms. The van der Waals surface area contributed by atoms with Gasteiger partial charge in [0.1, 0.15) is 0 Å². The number of carbonyl (C=O) groups is 1. The summed E-state index contributed by atoms with van der Waals surface area (Å²) in [5, 5.41) is 0. The van der Waals surface area contributed by atoms with Crippen molar-refractivity contribution in [2.75, 3.05) is 7.11 Å². The molecule has 1 spiro atoms. The molecule has 2 heterocycles. The molecule has 100 valence electrons. The Balaban J connectivity index is 2.28. The van der Waals surface area contributed by atoms with Gasteiger partial charge < -0.3 is 4.74 Å². The van der Waals surface area contributed by atoms with Crippen LogP contribution in [0.5, 0.6) is 0 Å². The molecule has 18 heavy (non-hydrogen) atoms. The van der Waals surface area contributed by atoms with Crippen LogP contribution in [-0.2, 0) is 20.3 Å². The lowest BCUT2D eigenvalue weighted by atomic mass is 9.69. The monoisotopic (exact) mass is 396 g/mol. The van der Waals surface area contributed by atoms with Gasteiger partial charge in [-0.1, -0.05) is 31.9 Å². The van der Waals surface area contributed by atoms with Crippen LogP contribution in [0, 0.1) is 11.3 Å². The lowest BCUT2D eigenvalue weighted by molar-refractivity contribution is -0.148. The summed E-state index contributed by atoms with van der Waals surface area (Å²) in [5.41, 5.74) is -0.185. The Hall–Kier alpha value is 0.320. The van der Waals surface area contributed by atoms with Crippen molar-refractivity contribution in [3.63, 3.8) is 0 Å². The molecule has 1 saturated heterocycles. The highest BCUT2D eigenvalue weighted by Crippen LogP contribution is 2.78. The van der Waals surface area contributed by atoms with Crippen molar-refractivity contribution in [3.8, 4) is 0 Å². The third-order valence-corrected chi connectivity index (χ3v) is 11.1. The second-order valence-electron chi connectivity index (χ2n) is 5.65. The highest BCUT2D eigenvalue weighted by molar-refractivity contribution is 9.14. The van der Waals surface area contributed by atoms with E-state index in [2.05, 4.69) is 31.9 Å². The van der Waals surface area contributed by atoms with E-state index in [9.17, 15) is 9.00 Å². The summed E-state index contributed by atoms with van der Waals surface area (Å²) >= 11 is 7.14. The van der Waals surface area contributed by atoms with Crippen molar-refractivity contribution >= 4 is 48.6 Å². The van der Waals surface area contributed by atoms with Crippen molar-refractivity contribution < 1.29 is 13.7 Å². The second kappa shape index (κ2) is 3.50. The fourth-order valence-electron chi connectivity index (χ4n) is 3.92. The van der Waals surface area contributed by atoms with Crippen LogP contribution in [-0.4, -0.2) is 26.8 Å². The van der Waals surface area contributed by atoms with Crippen LogP contribution < -0.4 is 0 Å². The summed E-state index contributed by atoms with van der Waals surface area (Å²) in [6, 6.07) is 0. The Morgan fingerprint density at radius 3 is 2.33 bits per heavy atom. The summed E-state index contributed by atoms with van der Waals surface area (Å²) in [4.78, 5) is 12.2. The average molecular weight is 398 g/mol. The van der Waals surface area contributed by atoms with Crippen LogP contribution in [0.2, 0.25) is 0 Å². The predicted octanol–water partition coefficient (Wildman–Crippen LogP) is 2.85. The first-order valence-corrected chi connectivity index (χ1v) is 8.58. The SMILES string of the molecule is COC(=O)[C@@H]1C2(C)C(Br)=C(Br)[C@@](C)(S2=O)C12CC2.